The van der Waals surface area contributed by atoms with E-state index in [1.165, 1.54) is 0 Å². The van der Waals surface area contributed by atoms with Gasteiger partial charge in [-0.25, -0.2) is 4.99 Å². The first-order valence-corrected chi connectivity index (χ1v) is 10.9. The number of hydrogen-bond acceptors (Lipinski definition) is 5. The highest BCUT2D eigenvalue weighted by Gasteiger charge is 2.46. The predicted molar refractivity (Wildman–Crippen MR) is 115 cm³/mol. The lowest BCUT2D eigenvalue weighted by Crippen LogP contribution is -2.35. The van der Waals surface area contributed by atoms with Gasteiger partial charge in [-0.3, -0.25) is 4.98 Å². The van der Waals surface area contributed by atoms with Gasteiger partial charge in [0.2, 0.25) is 0 Å². The van der Waals surface area contributed by atoms with E-state index < -0.39 is 0 Å². The van der Waals surface area contributed by atoms with Gasteiger partial charge in [0.15, 0.2) is 5.17 Å². The molecule has 3 atom stereocenters. The van der Waals surface area contributed by atoms with Crippen LogP contribution in [0.3, 0.4) is 0 Å². The lowest BCUT2D eigenvalue weighted by atomic mass is 10.0. The molecule has 0 aliphatic carbocycles. The standard InChI is InChI=1S/C22H20ClN3OS/c1-2-16-13-28-22-25-20(17-5-3-4-12-24-17)21(26(16)22)19-11-10-18(27-19)14-6-8-15(23)9-7-14/h3-12,16,20-21H,2,13H2,1H3/t16-,20+,21+/m1/s1. The smallest absolute Gasteiger partial charge is 0.161 e. The highest BCUT2D eigenvalue weighted by atomic mass is 35.5. The van der Waals surface area contributed by atoms with Crippen molar-refractivity contribution in [2.45, 2.75) is 31.5 Å². The van der Waals surface area contributed by atoms with Crippen molar-refractivity contribution < 1.29 is 4.42 Å². The van der Waals surface area contributed by atoms with Crippen LogP contribution in [0.4, 0.5) is 0 Å². The Hall–Kier alpha value is -2.24. The fourth-order valence-electron chi connectivity index (χ4n) is 3.94. The number of pyridine rings is 1. The van der Waals surface area contributed by atoms with E-state index >= 15 is 0 Å². The van der Waals surface area contributed by atoms with Crippen LogP contribution in [0.1, 0.15) is 36.9 Å². The Morgan fingerprint density at radius 1 is 1.14 bits per heavy atom. The summed E-state index contributed by atoms with van der Waals surface area (Å²) >= 11 is 7.87. The summed E-state index contributed by atoms with van der Waals surface area (Å²) in [7, 11) is 0. The van der Waals surface area contributed by atoms with Crippen molar-refractivity contribution in [3.63, 3.8) is 0 Å². The first-order chi connectivity index (χ1) is 13.7. The van der Waals surface area contributed by atoms with Crippen LogP contribution in [-0.2, 0) is 0 Å². The number of fused-ring (bicyclic) bond motifs is 1. The van der Waals surface area contributed by atoms with Gasteiger partial charge in [-0.1, -0.05) is 36.4 Å². The van der Waals surface area contributed by atoms with Crippen LogP contribution in [-0.4, -0.2) is 26.8 Å². The average molecular weight is 410 g/mol. The lowest BCUT2D eigenvalue weighted by Gasteiger charge is -2.30. The predicted octanol–water partition coefficient (Wildman–Crippen LogP) is 5.97. The van der Waals surface area contributed by atoms with Crippen LogP contribution in [0.5, 0.6) is 0 Å². The van der Waals surface area contributed by atoms with Crippen molar-refractivity contribution in [2.75, 3.05) is 5.75 Å². The molecule has 4 heterocycles. The number of aliphatic imine (C=N–C) groups is 1. The number of halogens is 1. The third-order valence-electron chi connectivity index (χ3n) is 5.38. The largest absolute Gasteiger partial charge is 0.459 e. The molecule has 0 unspecified atom stereocenters. The molecule has 1 fully saturated rings. The number of thioether (sulfide) groups is 1. The fourth-order valence-corrected chi connectivity index (χ4v) is 5.40. The third kappa shape index (κ3) is 3.03. The number of aromatic nitrogens is 1. The van der Waals surface area contributed by atoms with Gasteiger partial charge in [0.1, 0.15) is 23.6 Å². The number of nitrogens with zero attached hydrogens (tertiary/aromatic N) is 3. The van der Waals surface area contributed by atoms with Crippen LogP contribution in [0.2, 0.25) is 5.02 Å². The van der Waals surface area contributed by atoms with Crippen molar-refractivity contribution in [2.24, 2.45) is 4.99 Å². The normalized spacial score (nSPS) is 23.7. The zero-order valence-corrected chi connectivity index (χ0v) is 17.0. The molecule has 1 aromatic carbocycles. The summed E-state index contributed by atoms with van der Waals surface area (Å²) in [4.78, 5) is 12.1. The molecule has 2 aliphatic heterocycles. The minimum atomic E-state index is -0.0535. The van der Waals surface area contributed by atoms with Crippen LogP contribution >= 0.6 is 23.4 Å². The van der Waals surface area contributed by atoms with E-state index in [-0.39, 0.29) is 12.1 Å². The number of benzene rings is 1. The summed E-state index contributed by atoms with van der Waals surface area (Å²) in [6.07, 6.45) is 2.92. The fraction of sp³-hybridized carbons (Fsp3) is 0.273. The number of furan rings is 1. The Kier molecular flexibility index (Phi) is 4.65. The van der Waals surface area contributed by atoms with Crippen molar-refractivity contribution in [1.82, 2.24) is 9.88 Å². The SMILES string of the molecule is CC[C@@H]1CSC2=N[C@@H](c3ccccn3)[C@H](c3ccc(-c4ccc(Cl)cc4)o3)N21. The van der Waals surface area contributed by atoms with E-state index in [0.29, 0.717) is 6.04 Å². The van der Waals surface area contributed by atoms with E-state index in [4.69, 9.17) is 21.0 Å². The molecule has 3 aromatic rings. The number of rotatable bonds is 4. The molecule has 5 rings (SSSR count). The second kappa shape index (κ2) is 7.30. The van der Waals surface area contributed by atoms with Crippen LogP contribution in [0, 0.1) is 0 Å². The molecule has 0 bridgehead atoms. The molecule has 2 aromatic heterocycles. The molecular formula is C22H20ClN3OS. The van der Waals surface area contributed by atoms with E-state index in [1.807, 2.05) is 60.4 Å². The molecule has 1 saturated heterocycles. The monoisotopic (exact) mass is 409 g/mol. The Labute approximate surface area is 173 Å². The zero-order valence-electron chi connectivity index (χ0n) is 15.5. The van der Waals surface area contributed by atoms with Gasteiger partial charge in [-0.2, -0.15) is 0 Å². The highest BCUT2D eigenvalue weighted by molar-refractivity contribution is 8.14. The van der Waals surface area contributed by atoms with Gasteiger partial charge in [0.25, 0.3) is 0 Å². The second-order valence-corrected chi connectivity index (χ2v) is 8.47. The molecule has 4 nitrogen and oxygen atoms in total. The van der Waals surface area contributed by atoms with E-state index in [0.717, 1.165) is 45.1 Å². The quantitative estimate of drug-likeness (QED) is 0.532. The summed E-state index contributed by atoms with van der Waals surface area (Å²) < 4.78 is 6.35. The topological polar surface area (TPSA) is 41.6 Å². The molecule has 2 aliphatic rings. The molecule has 0 amide bonds. The highest BCUT2D eigenvalue weighted by Crippen LogP contribution is 2.49. The Bertz CT molecular complexity index is 1000. The van der Waals surface area contributed by atoms with Gasteiger partial charge in [-0.05, 0) is 55.0 Å². The Morgan fingerprint density at radius 3 is 2.75 bits per heavy atom. The van der Waals surface area contributed by atoms with Crippen LogP contribution in [0.15, 0.2) is 70.2 Å². The molecule has 0 radical (unpaired) electrons. The summed E-state index contributed by atoms with van der Waals surface area (Å²) in [5.41, 5.74) is 2.00. The zero-order chi connectivity index (χ0) is 19.1. The maximum atomic E-state index is 6.35. The van der Waals surface area contributed by atoms with Crippen molar-refractivity contribution >= 4 is 28.5 Å². The first kappa shape index (κ1) is 17.8. The van der Waals surface area contributed by atoms with Crippen molar-refractivity contribution in [3.8, 4) is 11.3 Å². The molecule has 6 heteroatoms. The van der Waals surface area contributed by atoms with E-state index in [2.05, 4.69) is 28.9 Å². The maximum Gasteiger partial charge on any atom is 0.161 e. The Morgan fingerprint density at radius 2 is 2.00 bits per heavy atom. The van der Waals surface area contributed by atoms with Crippen molar-refractivity contribution in [3.05, 3.63) is 77.3 Å². The number of hydrogen-bond donors (Lipinski definition) is 0. The minimum Gasteiger partial charge on any atom is -0.459 e. The second-order valence-electron chi connectivity index (χ2n) is 7.05. The minimum absolute atomic E-state index is 0.0332. The third-order valence-corrected chi connectivity index (χ3v) is 6.75. The summed E-state index contributed by atoms with van der Waals surface area (Å²) in [5, 5.41) is 1.83. The number of amidine groups is 1. The van der Waals surface area contributed by atoms with Gasteiger partial charge in [0.05, 0.1) is 5.69 Å². The molecule has 28 heavy (non-hydrogen) atoms. The Balaban J connectivity index is 1.55. The van der Waals surface area contributed by atoms with E-state index in [9.17, 15) is 0 Å². The lowest BCUT2D eigenvalue weighted by molar-refractivity contribution is 0.226. The molecule has 0 N–H and O–H groups in total. The van der Waals surface area contributed by atoms with Gasteiger partial charge >= 0.3 is 0 Å². The summed E-state index contributed by atoms with van der Waals surface area (Å²) in [6.45, 7) is 2.24. The summed E-state index contributed by atoms with van der Waals surface area (Å²) in [5.74, 6) is 2.85. The maximum absolute atomic E-state index is 6.35. The van der Waals surface area contributed by atoms with E-state index in [1.54, 1.807) is 0 Å². The molecular weight excluding hydrogens is 390 g/mol. The molecule has 142 valence electrons. The van der Waals surface area contributed by atoms with Gasteiger partial charge < -0.3 is 9.32 Å². The van der Waals surface area contributed by atoms with Crippen LogP contribution < -0.4 is 0 Å². The average Bonchev–Trinajstić information content (AvgIpc) is 3.44. The summed E-state index contributed by atoms with van der Waals surface area (Å²) in [6, 6.07) is 18.3. The van der Waals surface area contributed by atoms with Gasteiger partial charge in [-0.15, -0.1) is 0 Å². The van der Waals surface area contributed by atoms with Gasteiger partial charge in [0, 0.05) is 28.6 Å². The van der Waals surface area contributed by atoms with Crippen molar-refractivity contribution in [1.29, 1.82) is 0 Å². The molecule has 0 saturated carbocycles. The molecule has 0 spiro atoms. The van der Waals surface area contributed by atoms with Crippen LogP contribution in [0.25, 0.3) is 11.3 Å². The first-order valence-electron chi connectivity index (χ1n) is 9.50.